The molecule has 1 amide bonds. The van der Waals surface area contributed by atoms with Gasteiger partial charge in [0.05, 0.1) is 12.5 Å². The Morgan fingerprint density at radius 1 is 1.42 bits per heavy atom. The number of rotatable bonds is 8. The molecule has 0 bridgehead atoms. The molecule has 0 aromatic heterocycles. The van der Waals surface area contributed by atoms with E-state index >= 15 is 0 Å². The van der Waals surface area contributed by atoms with Gasteiger partial charge in [0.1, 0.15) is 0 Å². The number of hydrogen-bond donors (Lipinski definition) is 2. The molecule has 0 aliphatic rings. The molecule has 1 unspecified atom stereocenters. The van der Waals surface area contributed by atoms with Gasteiger partial charge in [-0.15, -0.1) is 11.8 Å². The SMILES string of the molecule is COC(CN)CC(=O)NCCSc1ccc(C)cc1. The molecule has 19 heavy (non-hydrogen) atoms. The lowest BCUT2D eigenvalue weighted by Crippen LogP contribution is -2.33. The van der Waals surface area contributed by atoms with Gasteiger partial charge >= 0.3 is 0 Å². The molecule has 0 fully saturated rings. The van der Waals surface area contributed by atoms with Gasteiger partial charge < -0.3 is 15.8 Å². The van der Waals surface area contributed by atoms with Gasteiger partial charge in [-0.3, -0.25) is 4.79 Å². The molecule has 1 rings (SSSR count). The molecule has 4 nitrogen and oxygen atoms in total. The molecule has 0 aliphatic carbocycles. The quantitative estimate of drug-likeness (QED) is 0.561. The van der Waals surface area contributed by atoms with Crippen molar-refractivity contribution in [2.24, 2.45) is 5.73 Å². The van der Waals surface area contributed by atoms with Crippen LogP contribution in [-0.2, 0) is 9.53 Å². The summed E-state index contributed by atoms with van der Waals surface area (Å²) in [6, 6.07) is 8.37. The molecular weight excluding hydrogens is 260 g/mol. The van der Waals surface area contributed by atoms with Crippen molar-refractivity contribution in [3.05, 3.63) is 29.8 Å². The highest BCUT2D eigenvalue weighted by molar-refractivity contribution is 7.99. The summed E-state index contributed by atoms with van der Waals surface area (Å²) in [5.41, 5.74) is 6.72. The molecule has 1 aromatic rings. The Bertz CT molecular complexity index is 378. The molecule has 0 saturated carbocycles. The summed E-state index contributed by atoms with van der Waals surface area (Å²) in [6.45, 7) is 3.08. The third-order valence-corrected chi connectivity index (χ3v) is 3.74. The number of methoxy groups -OCH3 is 1. The van der Waals surface area contributed by atoms with Crippen LogP contribution in [0.5, 0.6) is 0 Å². The summed E-state index contributed by atoms with van der Waals surface area (Å²) in [6.07, 6.45) is 0.132. The first-order chi connectivity index (χ1) is 9.15. The van der Waals surface area contributed by atoms with Crippen LogP contribution in [0.1, 0.15) is 12.0 Å². The number of nitrogens with two attached hydrogens (primary N) is 1. The van der Waals surface area contributed by atoms with Crippen molar-refractivity contribution >= 4 is 17.7 Å². The largest absolute Gasteiger partial charge is 0.380 e. The minimum absolute atomic E-state index is 0.0122. The highest BCUT2D eigenvalue weighted by Gasteiger charge is 2.10. The summed E-state index contributed by atoms with van der Waals surface area (Å²) in [7, 11) is 1.57. The summed E-state index contributed by atoms with van der Waals surface area (Å²) in [4.78, 5) is 12.8. The summed E-state index contributed by atoms with van der Waals surface area (Å²) >= 11 is 1.73. The molecule has 0 saturated heterocycles. The van der Waals surface area contributed by atoms with Crippen LogP contribution in [0.3, 0.4) is 0 Å². The highest BCUT2D eigenvalue weighted by Crippen LogP contribution is 2.17. The van der Waals surface area contributed by atoms with Crippen molar-refractivity contribution in [2.75, 3.05) is 26.0 Å². The van der Waals surface area contributed by atoms with E-state index in [0.717, 1.165) is 5.75 Å². The van der Waals surface area contributed by atoms with E-state index < -0.39 is 0 Å². The zero-order chi connectivity index (χ0) is 14.1. The number of ether oxygens (including phenoxy) is 1. The summed E-state index contributed by atoms with van der Waals surface area (Å²) in [5.74, 6) is 0.844. The van der Waals surface area contributed by atoms with Crippen molar-refractivity contribution in [2.45, 2.75) is 24.3 Å². The van der Waals surface area contributed by atoms with E-state index in [1.165, 1.54) is 10.5 Å². The third-order valence-electron chi connectivity index (χ3n) is 2.72. The monoisotopic (exact) mass is 282 g/mol. The Balaban J connectivity index is 2.16. The van der Waals surface area contributed by atoms with Crippen LogP contribution in [-0.4, -0.2) is 38.0 Å². The second kappa shape index (κ2) is 8.96. The van der Waals surface area contributed by atoms with E-state index in [9.17, 15) is 4.79 Å². The Kier molecular flexibility index (Phi) is 7.55. The van der Waals surface area contributed by atoms with Gasteiger partial charge in [-0.25, -0.2) is 0 Å². The number of carbonyl (C=O) groups is 1. The maximum absolute atomic E-state index is 11.6. The minimum atomic E-state index is -0.190. The van der Waals surface area contributed by atoms with Gasteiger partial charge in [-0.2, -0.15) is 0 Å². The lowest BCUT2D eigenvalue weighted by Gasteiger charge is -2.12. The van der Waals surface area contributed by atoms with E-state index in [0.29, 0.717) is 19.5 Å². The number of thioether (sulfide) groups is 1. The van der Waals surface area contributed by atoms with Crippen LogP contribution in [0.2, 0.25) is 0 Å². The maximum atomic E-state index is 11.6. The molecule has 5 heteroatoms. The number of nitrogens with one attached hydrogen (secondary N) is 1. The van der Waals surface area contributed by atoms with Crippen molar-refractivity contribution < 1.29 is 9.53 Å². The molecule has 0 radical (unpaired) electrons. The summed E-state index contributed by atoms with van der Waals surface area (Å²) in [5, 5.41) is 2.87. The van der Waals surface area contributed by atoms with Gasteiger partial charge in [0.2, 0.25) is 5.91 Å². The van der Waals surface area contributed by atoms with Gasteiger partial charge in [-0.1, -0.05) is 17.7 Å². The number of carbonyl (C=O) groups excluding carboxylic acids is 1. The van der Waals surface area contributed by atoms with E-state index in [1.807, 2.05) is 0 Å². The third kappa shape index (κ3) is 6.61. The predicted molar refractivity (Wildman–Crippen MR) is 79.4 cm³/mol. The molecular formula is C14H22N2O2S. The average Bonchev–Trinajstić information content (AvgIpc) is 2.43. The molecule has 0 spiro atoms. The Morgan fingerprint density at radius 2 is 2.11 bits per heavy atom. The van der Waals surface area contributed by atoms with Crippen LogP contribution in [0.25, 0.3) is 0 Å². The first-order valence-corrected chi connectivity index (χ1v) is 7.33. The number of hydrogen-bond acceptors (Lipinski definition) is 4. The Labute approximate surface area is 119 Å². The normalized spacial score (nSPS) is 12.2. The first kappa shape index (κ1) is 16.0. The fourth-order valence-corrected chi connectivity index (χ4v) is 2.30. The molecule has 0 heterocycles. The van der Waals surface area contributed by atoms with Crippen molar-refractivity contribution in [3.8, 4) is 0 Å². The Hall–Kier alpha value is -1.04. The zero-order valence-electron chi connectivity index (χ0n) is 11.5. The van der Waals surface area contributed by atoms with Gasteiger partial charge in [0.15, 0.2) is 0 Å². The van der Waals surface area contributed by atoms with Crippen molar-refractivity contribution in [1.29, 1.82) is 0 Å². The lowest BCUT2D eigenvalue weighted by atomic mass is 10.2. The van der Waals surface area contributed by atoms with E-state index in [2.05, 4.69) is 36.5 Å². The smallest absolute Gasteiger partial charge is 0.222 e. The molecule has 3 N–H and O–H groups in total. The topological polar surface area (TPSA) is 64.3 Å². The van der Waals surface area contributed by atoms with E-state index in [1.54, 1.807) is 18.9 Å². The maximum Gasteiger partial charge on any atom is 0.222 e. The van der Waals surface area contributed by atoms with Crippen LogP contribution < -0.4 is 11.1 Å². The van der Waals surface area contributed by atoms with Crippen LogP contribution >= 0.6 is 11.8 Å². The molecule has 1 atom stereocenters. The fraction of sp³-hybridized carbons (Fsp3) is 0.500. The van der Waals surface area contributed by atoms with E-state index in [-0.39, 0.29) is 12.0 Å². The Morgan fingerprint density at radius 3 is 2.68 bits per heavy atom. The predicted octanol–water partition coefficient (Wildman–Crippen LogP) is 1.57. The van der Waals surface area contributed by atoms with Crippen molar-refractivity contribution in [1.82, 2.24) is 5.32 Å². The number of aryl methyl sites for hydroxylation is 1. The van der Waals surface area contributed by atoms with Gasteiger partial charge in [-0.05, 0) is 19.1 Å². The molecule has 0 aliphatic heterocycles. The second-order valence-corrected chi connectivity index (χ2v) is 5.48. The first-order valence-electron chi connectivity index (χ1n) is 6.34. The molecule has 106 valence electrons. The van der Waals surface area contributed by atoms with Gasteiger partial charge in [0, 0.05) is 30.8 Å². The van der Waals surface area contributed by atoms with Crippen LogP contribution in [0.4, 0.5) is 0 Å². The number of benzene rings is 1. The van der Waals surface area contributed by atoms with Crippen LogP contribution in [0, 0.1) is 6.92 Å². The second-order valence-electron chi connectivity index (χ2n) is 4.31. The lowest BCUT2D eigenvalue weighted by molar-refractivity contribution is -0.123. The number of amides is 1. The zero-order valence-corrected chi connectivity index (χ0v) is 12.3. The van der Waals surface area contributed by atoms with E-state index in [4.69, 9.17) is 10.5 Å². The summed E-state index contributed by atoms with van der Waals surface area (Å²) < 4.78 is 5.07. The fourth-order valence-electron chi connectivity index (χ4n) is 1.54. The highest BCUT2D eigenvalue weighted by atomic mass is 32.2. The average molecular weight is 282 g/mol. The molecule has 1 aromatic carbocycles. The standard InChI is InChI=1S/C14H22N2O2S/c1-11-3-5-13(6-4-11)19-8-7-16-14(17)9-12(10-15)18-2/h3-6,12H,7-10,15H2,1-2H3,(H,16,17). The van der Waals surface area contributed by atoms with Crippen molar-refractivity contribution in [3.63, 3.8) is 0 Å². The van der Waals surface area contributed by atoms with Crippen LogP contribution in [0.15, 0.2) is 29.2 Å². The van der Waals surface area contributed by atoms with Gasteiger partial charge in [0.25, 0.3) is 0 Å². The minimum Gasteiger partial charge on any atom is -0.380 e.